The number of hydrogen-bond donors (Lipinski definition) is 2. The topological polar surface area (TPSA) is 95.5 Å². The van der Waals surface area contributed by atoms with Crippen molar-refractivity contribution in [3.8, 4) is 22.9 Å². The van der Waals surface area contributed by atoms with Gasteiger partial charge in [-0.2, -0.15) is 5.26 Å². The molecule has 1 heterocycles. The van der Waals surface area contributed by atoms with Crippen molar-refractivity contribution in [2.24, 2.45) is 0 Å². The number of ether oxygens (including phenoxy) is 1. The number of fused-ring (bicyclic) bond motifs is 1. The van der Waals surface area contributed by atoms with Gasteiger partial charge in [-0.15, -0.1) is 0 Å². The van der Waals surface area contributed by atoms with Crippen LogP contribution in [0.1, 0.15) is 16.7 Å². The third-order valence-electron chi connectivity index (χ3n) is 4.93. The average molecular weight is 412 g/mol. The Balaban J connectivity index is 1.64. The van der Waals surface area contributed by atoms with E-state index in [0.29, 0.717) is 18.8 Å². The van der Waals surface area contributed by atoms with E-state index in [1.54, 1.807) is 6.26 Å². The van der Waals surface area contributed by atoms with Gasteiger partial charge >= 0.3 is 6.09 Å². The van der Waals surface area contributed by atoms with Crippen LogP contribution in [0.25, 0.3) is 22.1 Å². The van der Waals surface area contributed by atoms with E-state index in [1.165, 1.54) is 0 Å². The second kappa shape index (κ2) is 9.06. The molecule has 4 aromatic rings. The summed E-state index contributed by atoms with van der Waals surface area (Å²) in [4.78, 5) is 10.8. The Morgan fingerprint density at radius 2 is 1.94 bits per heavy atom. The van der Waals surface area contributed by atoms with Crippen LogP contribution in [-0.4, -0.2) is 11.2 Å². The van der Waals surface area contributed by atoms with Crippen LogP contribution in [0, 0.1) is 11.3 Å². The van der Waals surface area contributed by atoms with Gasteiger partial charge in [0.2, 0.25) is 0 Å². The van der Waals surface area contributed by atoms with E-state index in [1.807, 2.05) is 66.7 Å². The normalized spacial score (nSPS) is 10.5. The molecule has 0 radical (unpaired) electrons. The van der Waals surface area contributed by atoms with Gasteiger partial charge in [0.15, 0.2) is 0 Å². The van der Waals surface area contributed by atoms with Crippen molar-refractivity contribution in [3.05, 3.63) is 89.7 Å². The number of para-hydroxylation sites is 1. The van der Waals surface area contributed by atoms with Gasteiger partial charge < -0.3 is 19.6 Å². The van der Waals surface area contributed by atoms with Gasteiger partial charge in [0.1, 0.15) is 17.9 Å². The summed E-state index contributed by atoms with van der Waals surface area (Å²) >= 11 is 0. The molecule has 0 spiro atoms. The second-order valence-electron chi connectivity index (χ2n) is 7.07. The minimum Gasteiger partial charge on any atom is -0.489 e. The van der Waals surface area contributed by atoms with Crippen LogP contribution in [0.2, 0.25) is 0 Å². The molecule has 0 aliphatic carbocycles. The molecule has 0 aliphatic rings. The number of nitriles is 1. The first-order chi connectivity index (χ1) is 15.1. The largest absolute Gasteiger partial charge is 0.489 e. The summed E-state index contributed by atoms with van der Waals surface area (Å²) in [6, 6.07) is 23.3. The fraction of sp³-hybridized carbons (Fsp3) is 0.120. The van der Waals surface area contributed by atoms with Crippen molar-refractivity contribution < 1.29 is 19.1 Å². The smallest absolute Gasteiger partial charge is 0.404 e. The highest BCUT2D eigenvalue weighted by molar-refractivity contribution is 5.93. The summed E-state index contributed by atoms with van der Waals surface area (Å²) in [5.74, 6) is 0.694. The molecule has 0 aliphatic heterocycles. The minimum atomic E-state index is -1.06. The number of amides is 1. The number of nitrogens with one attached hydrogen (secondary N) is 1. The summed E-state index contributed by atoms with van der Waals surface area (Å²) in [5.41, 5.74) is 5.27. The molecular formula is C25H20N2O4. The van der Waals surface area contributed by atoms with Gasteiger partial charge in [0.05, 0.1) is 18.8 Å². The maximum Gasteiger partial charge on any atom is 0.404 e. The standard InChI is InChI=1S/C25H20N2O4/c26-10-8-19-5-1-2-7-23(19)31-16-18-13-21-9-11-30-24(21)22(14-18)20-6-3-4-17(12-20)15-27-25(28)29/h1-7,9,11-14,27H,8,15-16H2,(H,28,29). The van der Waals surface area contributed by atoms with Crippen molar-refractivity contribution in [1.82, 2.24) is 5.32 Å². The van der Waals surface area contributed by atoms with E-state index < -0.39 is 6.09 Å². The molecule has 154 valence electrons. The summed E-state index contributed by atoms with van der Waals surface area (Å²) in [6.07, 6.45) is 0.880. The Labute approximate surface area is 179 Å². The van der Waals surface area contributed by atoms with Crippen molar-refractivity contribution in [2.45, 2.75) is 19.6 Å². The predicted molar refractivity (Wildman–Crippen MR) is 117 cm³/mol. The number of benzene rings is 3. The van der Waals surface area contributed by atoms with Crippen LogP contribution < -0.4 is 10.1 Å². The van der Waals surface area contributed by atoms with E-state index in [0.717, 1.165) is 38.8 Å². The Morgan fingerprint density at radius 3 is 2.77 bits per heavy atom. The van der Waals surface area contributed by atoms with E-state index in [2.05, 4.69) is 11.4 Å². The van der Waals surface area contributed by atoms with Gasteiger partial charge in [0.25, 0.3) is 0 Å². The molecule has 3 aromatic carbocycles. The number of hydrogen-bond acceptors (Lipinski definition) is 4. The number of furan rings is 1. The van der Waals surface area contributed by atoms with Gasteiger partial charge in [-0.25, -0.2) is 4.79 Å². The van der Waals surface area contributed by atoms with Crippen molar-refractivity contribution >= 4 is 17.1 Å². The molecule has 0 saturated carbocycles. The molecule has 1 amide bonds. The van der Waals surface area contributed by atoms with Crippen LogP contribution >= 0.6 is 0 Å². The lowest BCUT2D eigenvalue weighted by Gasteiger charge is -2.12. The van der Waals surface area contributed by atoms with E-state index in [4.69, 9.17) is 19.5 Å². The van der Waals surface area contributed by atoms with Gasteiger partial charge in [-0.05, 0) is 47.0 Å². The van der Waals surface area contributed by atoms with Crippen molar-refractivity contribution in [1.29, 1.82) is 5.26 Å². The van der Waals surface area contributed by atoms with Gasteiger partial charge in [-0.1, -0.05) is 36.4 Å². The zero-order chi connectivity index (χ0) is 21.6. The van der Waals surface area contributed by atoms with Crippen molar-refractivity contribution in [3.63, 3.8) is 0 Å². The first-order valence-corrected chi connectivity index (χ1v) is 9.78. The maximum absolute atomic E-state index is 10.8. The lowest BCUT2D eigenvalue weighted by atomic mass is 9.99. The quantitative estimate of drug-likeness (QED) is 0.417. The lowest BCUT2D eigenvalue weighted by molar-refractivity contribution is 0.194. The third-order valence-corrected chi connectivity index (χ3v) is 4.93. The number of carboxylic acid groups (broad SMARTS) is 1. The molecule has 4 rings (SSSR count). The van der Waals surface area contributed by atoms with E-state index in [9.17, 15) is 4.79 Å². The third kappa shape index (κ3) is 4.68. The Morgan fingerprint density at radius 1 is 1.06 bits per heavy atom. The Hall–Kier alpha value is -4.24. The molecule has 0 atom stereocenters. The fourth-order valence-electron chi connectivity index (χ4n) is 3.51. The highest BCUT2D eigenvalue weighted by atomic mass is 16.5. The summed E-state index contributed by atoms with van der Waals surface area (Å²) in [6.45, 7) is 0.569. The van der Waals surface area contributed by atoms with Crippen LogP contribution in [0.3, 0.4) is 0 Å². The van der Waals surface area contributed by atoms with E-state index in [-0.39, 0.29) is 6.54 Å². The van der Waals surface area contributed by atoms with Gasteiger partial charge in [-0.3, -0.25) is 0 Å². The molecule has 6 nitrogen and oxygen atoms in total. The van der Waals surface area contributed by atoms with Crippen LogP contribution in [0.5, 0.6) is 5.75 Å². The summed E-state index contributed by atoms with van der Waals surface area (Å²) in [5, 5.41) is 21.2. The molecule has 0 saturated heterocycles. The zero-order valence-electron chi connectivity index (χ0n) is 16.7. The van der Waals surface area contributed by atoms with Crippen LogP contribution in [0.15, 0.2) is 77.4 Å². The zero-order valence-corrected chi connectivity index (χ0v) is 16.7. The lowest BCUT2D eigenvalue weighted by Crippen LogP contribution is -2.19. The molecule has 31 heavy (non-hydrogen) atoms. The maximum atomic E-state index is 10.8. The first-order valence-electron chi connectivity index (χ1n) is 9.78. The number of nitrogens with zero attached hydrogens (tertiary/aromatic N) is 1. The minimum absolute atomic E-state index is 0.225. The molecule has 0 bridgehead atoms. The molecular weight excluding hydrogens is 392 g/mol. The monoisotopic (exact) mass is 412 g/mol. The number of rotatable bonds is 7. The van der Waals surface area contributed by atoms with Gasteiger partial charge in [0, 0.05) is 23.1 Å². The average Bonchev–Trinajstić information content (AvgIpc) is 3.26. The number of carbonyl (C=O) groups is 1. The molecule has 0 unspecified atom stereocenters. The highest BCUT2D eigenvalue weighted by Crippen LogP contribution is 2.32. The molecule has 6 heteroatoms. The Bertz CT molecular complexity index is 1270. The SMILES string of the molecule is N#CCc1ccccc1OCc1cc(-c2cccc(CNC(=O)O)c2)c2occc2c1. The molecule has 1 aromatic heterocycles. The van der Waals surface area contributed by atoms with Crippen LogP contribution in [0.4, 0.5) is 4.79 Å². The van der Waals surface area contributed by atoms with Crippen molar-refractivity contribution in [2.75, 3.05) is 0 Å². The highest BCUT2D eigenvalue weighted by Gasteiger charge is 2.12. The molecule has 0 fully saturated rings. The first kappa shape index (κ1) is 20.0. The fourth-order valence-corrected chi connectivity index (χ4v) is 3.51. The second-order valence-corrected chi connectivity index (χ2v) is 7.07. The molecule has 2 N–H and O–H groups in total. The van der Waals surface area contributed by atoms with E-state index >= 15 is 0 Å². The Kier molecular flexibility index (Phi) is 5.86. The van der Waals surface area contributed by atoms with Crippen LogP contribution in [-0.2, 0) is 19.6 Å². The summed E-state index contributed by atoms with van der Waals surface area (Å²) in [7, 11) is 0. The summed E-state index contributed by atoms with van der Waals surface area (Å²) < 4.78 is 11.7. The predicted octanol–water partition coefficient (Wildman–Crippen LogP) is 5.51.